The molecule has 0 aliphatic carbocycles. The van der Waals surface area contributed by atoms with Crippen LogP contribution in [0.15, 0.2) is 30.3 Å². The summed E-state index contributed by atoms with van der Waals surface area (Å²) in [7, 11) is 3.80. The third-order valence-electron chi connectivity index (χ3n) is 2.87. The third-order valence-corrected chi connectivity index (χ3v) is 2.87. The monoisotopic (exact) mass is 221 g/mol. The van der Waals surface area contributed by atoms with Crippen LogP contribution in [0.3, 0.4) is 0 Å². The van der Waals surface area contributed by atoms with E-state index >= 15 is 0 Å². The molecule has 1 rings (SSSR count). The Morgan fingerprint density at radius 3 is 2.50 bits per heavy atom. The minimum Gasteiger partial charge on any atom is -0.384 e. The minimum atomic E-state index is 0.535. The SMILES string of the molecule is CNC(Cc1ccccc1)CC(C)COC. The molecule has 0 saturated carbocycles. The van der Waals surface area contributed by atoms with Crippen molar-refractivity contribution in [3.63, 3.8) is 0 Å². The van der Waals surface area contributed by atoms with Gasteiger partial charge in [0.25, 0.3) is 0 Å². The second-order valence-electron chi connectivity index (χ2n) is 4.47. The highest BCUT2D eigenvalue weighted by Crippen LogP contribution is 2.11. The van der Waals surface area contributed by atoms with Gasteiger partial charge < -0.3 is 10.1 Å². The van der Waals surface area contributed by atoms with Crippen LogP contribution >= 0.6 is 0 Å². The first-order chi connectivity index (χ1) is 7.76. The van der Waals surface area contributed by atoms with Crippen molar-refractivity contribution in [1.29, 1.82) is 0 Å². The Kier molecular flexibility index (Phi) is 6.12. The number of benzene rings is 1. The fourth-order valence-electron chi connectivity index (χ4n) is 2.04. The molecule has 0 fully saturated rings. The van der Waals surface area contributed by atoms with Gasteiger partial charge in [-0.15, -0.1) is 0 Å². The van der Waals surface area contributed by atoms with E-state index in [1.54, 1.807) is 7.11 Å². The lowest BCUT2D eigenvalue weighted by Crippen LogP contribution is -2.30. The van der Waals surface area contributed by atoms with Gasteiger partial charge in [0.1, 0.15) is 0 Å². The summed E-state index contributed by atoms with van der Waals surface area (Å²) >= 11 is 0. The van der Waals surface area contributed by atoms with Crippen molar-refractivity contribution in [2.24, 2.45) is 5.92 Å². The minimum absolute atomic E-state index is 0.535. The van der Waals surface area contributed by atoms with Crippen LogP contribution in [0.4, 0.5) is 0 Å². The molecule has 90 valence electrons. The van der Waals surface area contributed by atoms with E-state index in [9.17, 15) is 0 Å². The fourth-order valence-corrected chi connectivity index (χ4v) is 2.04. The van der Waals surface area contributed by atoms with E-state index in [-0.39, 0.29) is 0 Å². The van der Waals surface area contributed by atoms with Crippen molar-refractivity contribution in [1.82, 2.24) is 5.32 Å². The highest BCUT2D eigenvalue weighted by Gasteiger charge is 2.11. The highest BCUT2D eigenvalue weighted by atomic mass is 16.5. The van der Waals surface area contributed by atoms with Crippen LogP contribution in [0.1, 0.15) is 18.9 Å². The molecular formula is C14H23NO. The van der Waals surface area contributed by atoms with E-state index in [0.717, 1.165) is 19.4 Å². The van der Waals surface area contributed by atoms with Crippen LogP contribution < -0.4 is 5.32 Å². The molecule has 0 aliphatic rings. The van der Waals surface area contributed by atoms with Crippen LogP contribution in [-0.4, -0.2) is 26.8 Å². The molecule has 2 unspecified atom stereocenters. The van der Waals surface area contributed by atoms with Crippen LogP contribution in [0.25, 0.3) is 0 Å². The third kappa shape index (κ3) is 4.77. The molecule has 1 N–H and O–H groups in total. The van der Waals surface area contributed by atoms with Crippen LogP contribution in [0.2, 0.25) is 0 Å². The zero-order valence-electron chi connectivity index (χ0n) is 10.6. The lowest BCUT2D eigenvalue weighted by molar-refractivity contribution is 0.150. The molecule has 16 heavy (non-hydrogen) atoms. The summed E-state index contributed by atoms with van der Waals surface area (Å²) in [6, 6.07) is 11.2. The molecule has 1 aromatic carbocycles. The maximum atomic E-state index is 5.17. The van der Waals surface area contributed by atoms with Gasteiger partial charge in [0.15, 0.2) is 0 Å². The average Bonchev–Trinajstić information content (AvgIpc) is 2.30. The number of ether oxygens (including phenoxy) is 1. The fraction of sp³-hybridized carbons (Fsp3) is 0.571. The maximum Gasteiger partial charge on any atom is 0.0488 e. The molecule has 2 atom stereocenters. The van der Waals surface area contributed by atoms with E-state index in [0.29, 0.717) is 12.0 Å². The van der Waals surface area contributed by atoms with Gasteiger partial charge >= 0.3 is 0 Å². The second kappa shape index (κ2) is 7.42. The first-order valence-corrected chi connectivity index (χ1v) is 5.96. The maximum absolute atomic E-state index is 5.17. The van der Waals surface area contributed by atoms with E-state index < -0.39 is 0 Å². The van der Waals surface area contributed by atoms with Crippen molar-refractivity contribution >= 4 is 0 Å². The zero-order chi connectivity index (χ0) is 11.8. The molecule has 0 aromatic heterocycles. The predicted octanol–water partition coefficient (Wildman–Crippen LogP) is 2.49. The van der Waals surface area contributed by atoms with Gasteiger partial charge in [-0.1, -0.05) is 37.3 Å². The van der Waals surface area contributed by atoms with Crippen LogP contribution in [-0.2, 0) is 11.2 Å². The Morgan fingerprint density at radius 2 is 1.94 bits per heavy atom. The van der Waals surface area contributed by atoms with Gasteiger partial charge in [0, 0.05) is 19.8 Å². The Balaban J connectivity index is 2.43. The van der Waals surface area contributed by atoms with Crippen molar-refractivity contribution in [2.45, 2.75) is 25.8 Å². The molecule has 2 heteroatoms. The number of nitrogens with one attached hydrogen (secondary N) is 1. The normalized spacial score (nSPS) is 14.7. The van der Waals surface area contributed by atoms with Crippen molar-refractivity contribution in [3.8, 4) is 0 Å². The molecular weight excluding hydrogens is 198 g/mol. The predicted molar refractivity (Wildman–Crippen MR) is 68.7 cm³/mol. The first kappa shape index (κ1) is 13.2. The standard InChI is InChI=1S/C14H23NO/c1-12(11-16-3)9-14(15-2)10-13-7-5-4-6-8-13/h4-8,12,14-15H,9-11H2,1-3H3. The number of hydrogen-bond donors (Lipinski definition) is 1. The van der Waals surface area contributed by atoms with E-state index in [1.807, 2.05) is 7.05 Å². The Morgan fingerprint density at radius 1 is 1.25 bits per heavy atom. The summed E-state index contributed by atoms with van der Waals surface area (Å²) in [6.07, 6.45) is 2.24. The van der Waals surface area contributed by atoms with Gasteiger partial charge in [-0.25, -0.2) is 0 Å². The summed E-state index contributed by atoms with van der Waals surface area (Å²) in [5, 5.41) is 3.38. The summed E-state index contributed by atoms with van der Waals surface area (Å²) in [5.41, 5.74) is 1.39. The summed E-state index contributed by atoms with van der Waals surface area (Å²) < 4.78 is 5.17. The Bertz CT molecular complexity index is 273. The second-order valence-corrected chi connectivity index (χ2v) is 4.47. The molecule has 0 bridgehead atoms. The van der Waals surface area contributed by atoms with Crippen LogP contribution in [0.5, 0.6) is 0 Å². The van der Waals surface area contributed by atoms with E-state index in [1.165, 1.54) is 5.56 Å². The first-order valence-electron chi connectivity index (χ1n) is 5.96. The van der Waals surface area contributed by atoms with E-state index in [4.69, 9.17) is 4.74 Å². The van der Waals surface area contributed by atoms with Gasteiger partial charge in [0.2, 0.25) is 0 Å². The smallest absolute Gasteiger partial charge is 0.0488 e. The van der Waals surface area contributed by atoms with Gasteiger partial charge in [-0.2, -0.15) is 0 Å². The topological polar surface area (TPSA) is 21.3 Å². The average molecular weight is 221 g/mol. The number of methoxy groups -OCH3 is 1. The van der Waals surface area contributed by atoms with Gasteiger partial charge in [-0.3, -0.25) is 0 Å². The largest absolute Gasteiger partial charge is 0.384 e. The Labute approximate surface area is 99.0 Å². The summed E-state index contributed by atoms with van der Waals surface area (Å²) in [5.74, 6) is 0.603. The molecule has 1 aromatic rings. The summed E-state index contributed by atoms with van der Waals surface area (Å²) in [6.45, 7) is 3.08. The van der Waals surface area contributed by atoms with Crippen LogP contribution in [0, 0.1) is 5.92 Å². The Hall–Kier alpha value is -0.860. The van der Waals surface area contributed by atoms with Crippen molar-refractivity contribution < 1.29 is 4.74 Å². The zero-order valence-corrected chi connectivity index (χ0v) is 10.6. The molecule has 0 saturated heterocycles. The number of hydrogen-bond acceptors (Lipinski definition) is 2. The molecule has 0 spiro atoms. The molecule has 0 aliphatic heterocycles. The lowest BCUT2D eigenvalue weighted by atomic mass is 9.97. The summed E-state index contributed by atoms with van der Waals surface area (Å²) in [4.78, 5) is 0. The highest BCUT2D eigenvalue weighted by molar-refractivity contribution is 5.15. The van der Waals surface area contributed by atoms with Crippen molar-refractivity contribution in [3.05, 3.63) is 35.9 Å². The number of likely N-dealkylation sites (N-methyl/N-ethyl adjacent to an activating group) is 1. The molecule has 0 radical (unpaired) electrons. The quantitative estimate of drug-likeness (QED) is 0.764. The molecule has 2 nitrogen and oxygen atoms in total. The number of rotatable bonds is 7. The molecule has 0 amide bonds. The van der Waals surface area contributed by atoms with E-state index in [2.05, 4.69) is 42.6 Å². The van der Waals surface area contributed by atoms with Crippen molar-refractivity contribution in [2.75, 3.05) is 20.8 Å². The lowest BCUT2D eigenvalue weighted by Gasteiger charge is -2.20. The van der Waals surface area contributed by atoms with Gasteiger partial charge in [0.05, 0.1) is 0 Å². The molecule has 0 heterocycles. The van der Waals surface area contributed by atoms with Gasteiger partial charge in [-0.05, 0) is 31.4 Å².